The molecule has 1 aliphatic rings. The van der Waals surface area contributed by atoms with Gasteiger partial charge in [0.05, 0.1) is 31.5 Å². The van der Waals surface area contributed by atoms with Crippen molar-refractivity contribution in [3.8, 4) is 11.5 Å². The zero-order valence-corrected chi connectivity index (χ0v) is 12.6. The van der Waals surface area contributed by atoms with Crippen LogP contribution in [0.4, 0.5) is 5.69 Å². The van der Waals surface area contributed by atoms with Crippen molar-refractivity contribution >= 4 is 16.6 Å². The van der Waals surface area contributed by atoms with Crippen LogP contribution >= 0.6 is 0 Å². The van der Waals surface area contributed by atoms with Gasteiger partial charge in [-0.15, -0.1) is 0 Å². The summed E-state index contributed by atoms with van der Waals surface area (Å²) in [6.45, 7) is 0. The normalized spacial score (nSPS) is 16.4. The van der Waals surface area contributed by atoms with E-state index in [1.807, 2.05) is 24.3 Å². The van der Waals surface area contributed by atoms with Crippen molar-refractivity contribution in [3.63, 3.8) is 0 Å². The lowest BCUT2D eigenvalue weighted by Crippen LogP contribution is -2.05. The highest BCUT2D eigenvalue weighted by Crippen LogP contribution is 2.42. The number of methoxy groups -OCH3 is 2. The molecule has 0 saturated carbocycles. The number of benzene rings is 2. The van der Waals surface area contributed by atoms with Crippen LogP contribution in [0.1, 0.15) is 17.2 Å². The fraction of sp³-hybridized carbons (Fsp3) is 0.222. The number of fused-ring (bicyclic) bond motifs is 2. The van der Waals surface area contributed by atoms with Crippen molar-refractivity contribution in [2.24, 2.45) is 0 Å². The van der Waals surface area contributed by atoms with E-state index in [0.717, 1.165) is 29.1 Å². The van der Waals surface area contributed by atoms with Gasteiger partial charge < -0.3 is 19.8 Å². The van der Waals surface area contributed by atoms with E-state index in [-0.39, 0.29) is 6.04 Å². The summed E-state index contributed by atoms with van der Waals surface area (Å²) >= 11 is 0. The molecule has 1 aromatic heterocycles. The second kappa shape index (κ2) is 4.98. The number of rotatable bonds is 3. The number of nitrogens with one attached hydrogen (secondary N) is 2. The molecular weight excluding hydrogens is 276 g/mol. The van der Waals surface area contributed by atoms with Gasteiger partial charge >= 0.3 is 0 Å². The van der Waals surface area contributed by atoms with E-state index in [9.17, 15) is 0 Å². The zero-order chi connectivity index (χ0) is 15.1. The first-order valence-electron chi connectivity index (χ1n) is 7.38. The third-order valence-corrected chi connectivity index (χ3v) is 4.38. The van der Waals surface area contributed by atoms with E-state index in [1.165, 1.54) is 16.5 Å². The van der Waals surface area contributed by atoms with E-state index in [0.29, 0.717) is 0 Å². The Morgan fingerprint density at radius 1 is 1.00 bits per heavy atom. The monoisotopic (exact) mass is 294 g/mol. The molecule has 0 bridgehead atoms. The van der Waals surface area contributed by atoms with Gasteiger partial charge in [-0.2, -0.15) is 0 Å². The van der Waals surface area contributed by atoms with Crippen molar-refractivity contribution in [1.29, 1.82) is 0 Å². The lowest BCUT2D eigenvalue weighted by molar-refractivity contribution is 0.416. The summed E-state index contributed by atoms with van der Waals surface area (Å²) in [6.07, 6.45) is 3.03. The molecule has 1 aliphatic heterocycles. The van der Waals surface area contributed by atoms with Gasteiger partial charge in [-0.1, -0.05) is 24.3 Å². The van der Waals surface area contributed by atoms with Gasteiger partial charge in [-0.3, -0.25) is 0 Å². The predicted octanol–water partition coefficient (Wildman–Crippen LogP) is 3.89. The van der Waals surface area contributed by atoms with E-state index in [1.54, 1.807) is 14.2 Å². The maximum absolute atomic E-state index is 5.46. The molecule has 1 atom stereocenters. The Hall–Kier alpha value is -2.62. The summed E-state index contributed by atoms with van der Waals surface area (Å²) in [5.74, 6) is 1.77. The third kappa shape index (κ3) is 1.84. The van der Waals surface area contributed by atoms with Crippen LogP contribution in [0.15, 0.2) is 42.6 Å². The van der Waals surface area contributed by atoms with Crippen LogP contribution in [0.2, 0.25) is 0 Å². The van der Waals surface area contributed by atoms with Crippen LogP contribution < -0.4 is 14.8 Å². The highest BCUT2D eigenvalue weighted by atomic mass is 16.5. The van der Waals surface area contributed by atoms with Crippen molar-refractivity contribution < 1.29 is 9.47 Å². The van der Waals surface area contributed by atoms with Crippen LogP contribution in [0.5, 0.6) is 11.5 Å². The fourth-order valence-corrected chi connectivity index (χ4v) is 3.32. The van der Waals surface area contributed by atoms with Gasteiger partial charge in [-0.25, -0.2) is 0 Å². The molecule has 0 spiro atoms. The van der Waals surface area contributed by atoms with E-state index < -0.39 is 0 Å². The van der Waals surface area contributed by atoms with Crippen LogP contribution in [0.25, 0.3) is 10.9 Å². The highest BCUT2D eigenvalue weighted by molar-refractivity contribution is 5.89. The molecule has 0 saturated heterocycles. The van der Waals surface area contributed by atoms with Crippen LogP contribution in [0, 0.1) is 0 Å². The van der Waals surface area contributed by atoms with E-state index >= 15 is 0 Å². The molecule has 112 valence electrons. The molecule has 1 unspecified atom stereocenters. The average molecular weight is 294 g/mol. The Balaban J connectivity index is 1.76. The number of anilines is 1. The molecule has 2 heterocycles. The van der Waals surface area contributed by atoms with Gasteiger partial charge in [0.15, 0.2) is 0 Å². The first-order chi connectivity index (χ1) is 10.8. The summed E-state index contributed by atoms with van der Waals surface area (Å²) in [4.78, 5) is 3.34. The predicted molar refractivity (Wildman–Crippen MR) is 87.9 cm³/mol. The molecule has 0 amide bonds. The summed E-state index contributed by atoms with van der Waals surface area (Å²) in [6, 6.07) is 12.6. The molecule has 4 rings (SSSR count). The fourth-order valence-electron chi connectivity index (χ4n) is 3.32. The van der Waals surface area contributed by atoms with Crippen molar-refractivity contribution in [2.45, 2.75) is 12.5 Å². The van der Waals surface area contributed by atoms with E-state index in [2.05, 4.69) is 28.6 Å². The lowest BCUT2D eigenvalue weighted by atomic mass is 10.0. The number of para-hydroxylation sites is 2. The van der Waals surface area contributed by atoms with Gasteiger partial charge in [0.2, 0.25) is 0 Å². The SMILES string of the molecule is COc1cccc2c1NC(c1c[nH]c3c(OC)cccc13)C2. The summed E-state index contributed by atoms with van der Waals surface area (Å²) < 4.78 is 10.9. The molecule has 0 radical (unpaired) electrons. The van der Waals surface area contributed by atoms with Gasteiger partial charge in [0.1, 0.15) is 11.5 Å². The minimum Gasteiger partial charge on any atom is -0.495 e. The second-order valence-corrected chi connectivity index (χ2v) is 5.52. The number of ether oxygens (including phenoxy) is 2. The number of hydrogen-bond donors (Lipinski definition) is 2. The Bertz CT molecular complexity index is 838. The number of aromatic nitrogens is 1. The Morgan fingerprint density at radius 2 is 1.77 bits per heavy atom. The lowest BCUT2D eigenvalue weighted by Gasteiger charge is -2.12. The van der Waals surface area contributed by atoms with Gasteiger partial charge in [-0.05, 0) is 24.1 Å². The number of aromatic amines is 1. The van der Waals surface area contributed by atoms with Crippen molar-refractivity contribution in [2.75, 3.05) is 19.5 Å². The Morgan fingerprint density at radius 3 is 2.59 bits per heavy atom. The first-order valence-corrected chi connectivity index (χ1v) is 7.38. The molecule has 22 heavy (non-hydrogen) atoms. The van der Waals surface area contributed by atoms with Crippen molar-refractivity contribution in [1.82, 2.24) is 4.98 Å². The summed E-state index contributed by atoms with van der Waals surface area (Å²) in [5, 5.41) is 4.80. The molecule has 3 aromatic rings. The molecule has 0 aliphatic carbocycles. The van der Waals surface area contributed by atoms with Gasteiger partial charge in [0, 0.05) is 17.1 Å². The maximum Gasteiger partial charge on any atom is 0.142 e. The quantitative estimate of drug-likeness (QED) is 0.770. The van der Waals surface area contributed by atoms with Crippen LogP contribution in [0.3, 0.4) is 0 Å². The topological polar surface area (TPSA) is 46.3 Å². The van der Waals surface area contributed by atoms with Crippen LogP contribution in [-0.4, -0.2) is 19.2 Å². The average Bonchev–Trinajstić information content (AvgIpc) is 3.17. The molecule has 2 aromatic carbocycles. The molecular formula is C18H18N2O2. The number of H-pyrrole nitrogens is 1. The minimum absolute atomic E-state index is 0.243. The largest absolute Gasteiger partial charge is 0.495 e. The second-order valence-electron chi connectivity index (χ2n) is 5.52. The molecule has 2 N–H and O–H groups in total. The van der Waals surface area contributed by atoms with Crippen molar-refractivity contribution in [3.05, 3.63) is 53.7 Å². The third-order valence-electron chi connectivity index (χ3n) is 4.38. The molecule has 4 heteroatoms. The maximum atomic E-state index is 5.46. The summed E-state index contributed by atoms with van der Waals surface area (Å²) in [5.41, 5.74) is 4.70. The molecule has 4 nitrogen and oxygen atoms in total. The minimum atomic E-state index is 0.243. The summed E-state index contributed by atoms with van der Waals surface area (Å²) in [7, 11) is 3.41. The van der Waals surface area contributed by atoms with E-state index in [4.69, 9.17) is 9.47 Å². The zero-order valence-electron chi connectivity index (χ0n) is 12.6. The highest BCUT2D eigenvalue weighted by Gasteiger charge is 2.26. The van der Waals surface area contributed by atoms with Crippen LogP contribution in [-0.2, 0) is 6.42 Å². The first kappa shape index (κ1) is 13.1. The smallest absolute Gasteiger partial charge is 0.142 e. The number of hydrogen-bond acceptors (Lipinski definition) is 3. The van der Waals surface area contributed by atoms with Gasteiger partial charge in [0.25, 0.3) is 0 Å². The molecule has 0 fully saturated rings. The standard InChI is InChI=1S/C18H18N2O2/c1-21-15-7-3-5-11-9-14(20-17(11)15)13-10-19-18-12(13)6-4-8-16(18)22-2/h3-8,10,14,19-20H,9H2,1-2H3. The Labute approximate surface area is 129 Å². The Kier molecular flexibility index (Phi) is 2.96.